The van der Waals surface area contributed by atoms with Gasteiger partial charge in [-0.15, -0.1) is 0 Å². The number of hydrogen-bond acceptors (Lipinski definition) is 2. The van der Waals surface area contributed by atoms with Crippen LogP contribution in [-0.4, -0.2) is 11.6 Å². The number of carbonyl (C=O) groups is 1. The molecule has 0 aromatic carbocycles. The van der Waals surface area contributed by atoms with E-state index in [0.29, 0.717) is 11.8 Å². The summed E-state index contributed by atoms with van der Waals surface area (Å²) in [5, 5.41) is 0. The maximum absolute atomic E-state index is 11.5. The van der Waals surface area contributed by atoms with Gasteiger partial charge >= 0.3 is 5.97 Å². The lowest BCUT2D eigenvalue weighted by Gasteiger charge is -2.41. The minimum absolute atomic E-state index is 0.0286. The van der Waals surface area contributed by atoms with E-state index in [1.54, 1.807) is 0 Å². The molecular formula is C12H18O2. The molecule has 1 spiro atoms. The van der Waals surface area contributed by atoms with Crippen molar-refractivity contribution in [2.75, 3.05) is 0 Å². The van der Waals surface area contributed by atoms with Gasteiger partial charge in [0.05, 0.1) is 6.42 Å². The largest absolute Gasteiger partial charge is 0.459 e. The van der Waals surface area contributed by atoms with Gasteiger partial charge in [0.1, 0.15) is 5.60 Å². The molecule has 3 aliphatic rings. The van der Waals surface area contributed by atoms with E-state index in [2.05, 4.69) is 20.8 Å². The lowest BCUT2D eigenvalue weighted by atomic mass is 9.63. The minimum atomic E-state index is -0.142. The number of carbonyl (C=O) groups excluding carboxylic acids is 1. The standard InChI is InChI=1S/C12H18O2/c1-10(2)8-4-5-12(10)7-9(13)14-11(12,3)6-8/h8H,4-7H2,1-3H3. The molecule has 3 unspecified atom stereocenters. The van der Waals surface area contributed by atoms with E-state index < -0.39 is 0 Å². The molecule has 1 heterocycles. The molecule has 2 saturated carbocycles. The monoisotopic (exact) mass is 194 g/mol. The fourth-order valence-electron chi connectivity index (χ4n) is 4.64. The van der Waals surface area contributed by atoms with Crippen molar-refractivity contribution in [3.05, 3.63) is 0 Å². The van der Waals surface area contributed by atoms with Gasteiger partial charge < -0.3 is 4.74 Å². The summed E-state index contributed by atoms with van der Waals surface area (Å²) in [6.45, 7) is 6.81. The molecule has 78 valence electrons. The van der Waals surface area contributed by atoms with E-state index in [1.165, 1.54) is 12.8 Å². The Hall–Kier alpha value is -0.530. The summed E-state index contributed by atoms with van der Waals surface area (Å²) in [5.74, 6) is 0.793. The van der Waals surface area contributed by atoms with Crippen LogP contribution in [0.3, 0.4) is 0 Å². The Labute approximate surface area is 85.0 Å². The summed E-state index contributed by atoms with van der Waals surface area (Å²) in [5.41, 5.74) is 0.312. The Morgan fingerprint density at radius 3 is 2.64 bits per heavy atom. The highest BCUT2D eigenvalue weighted by Gasteiger charge is 2.74. The van der Waals surface area contributed by atoms with Gasteiger partial charge in [0.15, 0.2) is 0 Å². The van der Waals surface area contributed by atoms with Crippen molar-refractivity contribution in [3.63, 3.8) is 0 Å². The molecule has 2 heteroatoms. The topological polar surface area (TPSA) is 26.3 Å². The van der Waals surface area contributed by atoms with Crippen molar-refractivity contribution in [2.45, 2.75) is 52.1 Å². The summed E-state index contributed by atoms with van der Waals surface area (Å²) >= 11 is 0. The van der Waals surface area contributed by atoms with E-state index in [4.69, 9.17) is 4.74 Å². The second kappa shape index (κ2) is 2.02. The molecule has 14 heavy (non-hydrogen) atoms. The van der Waals surface area contributed by atoms with Crippen LogP contribution in [0.1, 0.15) is 46.5 Å². The van der Waals surface area contributed by atoms with Crippen LogP contribution in [0.25, 0.3) is 0 Å². The number of fused-ring (bicyclic) bond motifs is 1. The number of rotatable bonds is 0. The Morgan fingerprint density at radius 1 is 1.36 bits per heavy atom. The van der Waals surface area contributed by atoms with Crippen LogP contribution in [0.15, 0.2) is 0 Å². The highest BCUT2D eigenvalue weighted by molar-refractivity contribution is 5.75. The van der Waals surface area contributed by atoms with E-state index in [0.717, 1.165) is 12.3 Å². The van der Waals surface area contributed by atoms with Gasteiger partial charge in [-0.3, -0.25) is 4.79 Å². The summed E-state index contributed by atoms with van der Waals surface area (Å²) in [6, 6.07) is 0. The van der Waals surface area contributed by atoms with Crippen molar-refractivity contribution in [1.29, 1.82) is 0 Å². The molecule has 0 N–H and O–H groups in total. The highest BCUT2D eigenvalue weighted by atomic mass is 16.6. The second-order valence-electron chi connectivity index (χ2n) is 6.13. The van der Waals surface area contributed by atoms with Crippen molar-refractivity contribution >= 4 is 5.97 Å². The molecule has 2 bridgehead atoms. The minimum Gasteiger partial charge on any atom is -0.459 e. The maximum Gasteiger partial charge on any atom is 0.307 e. The third kappa shape index (κ3) is 0.636. The van der Waals surface area contributed by atoms with Crippen LogP contribution in [0.2, 0.25) is 0 Å². The molecule has 3 rings (SSSR count). The lowest BCUT2D eigenvalue weighted by molar-refractivity contribution is -0.150. The predicted molar refractivity (Wildman–Crippen MR) is 52.7 cm³/mol. The molecule has 0 radical (unpaired) electrons. The van der Waals surface area contributed by atoms with Gasteiger partial charge in [0.25, 0.3) is 0 Å². The maximum atomic E-state index is 11.5. The van der Waals surface area contributed by atoms with Crippen LogP contribution >= 0.6 is 0 Å². The Balaban J connectivity index is 2.16. The Bertz CT molecular complexity index is 320. The van der Waals surface area contributed by atoms with Gasteiger partial charge in [-0.25, -0.2) is 0 Å². The van der Waals surface area contributed by atoms with Crippen LogP contribution < -0.4 is 0 Å². The van der Waals surface area contributed by atoms with Crippen molar-refractivity contribution < 1.29 is 9.53 Å². The fourth-order valence-corrected chi connectivity index (χ4v) is 4.64. The van der Waals surface area contributed by atoms with Gasteiger partial charge in [-0.05, 0) is 37.5 Å². The molecule has 3 fully saturated rings. The predicted octanol–water partition coefficient (Wildman–Crippen LogP) is 2.52. The number of esters is 1. The highest BCUT2D eigenvalue weighted by Crippen LogP contribution is 2.74. The molecular weight excluding hydrogens is 176 g/mol. The van der Waals surface area contributed by atoms with E-state index in [9.17, 15) is 4.79 Å². The molecule has 0 aromatic rings. The SMILES string of the molecule is CC12CC3CCC1(CC(=O)O2)C3(C)C. The van der Waals surface area contributed by atoms with Crippen molar-refractivity contribution in [3.8, 4) is 0 Å². The van der Waals surface area contributed by atoms with E-state index >= 15 is 0 Å². The van der Waals surface area contributed by atoms with Crippen LogP contribution in [0, 0.1) is 16.7 Å². The average molecular weight is 194 g/mol. The molecule has 0 aromatic heterocycles. The number of ether oxygens (including phenoxy) is 1. The zero-order valence-electron chi connectivity index (χ0n) is 9.22. The zero-order chi connectivity index (χ0) is 10.2. The molecule has 1 saturated heterocycles. The first-order valence-electron chi connectivity index (χ1n) is 5.63. The quantitative estimate of drug-likeness (QED) is 0.554. The molecule has 1 aliphatic heterocycles. The Kier molecular flexibility index (Phi) is 1.27. The fraction of sp³-hybridized carbons (Fsp3) is 0.917. The third-order valence-electron chi connectivity index (χ3n) is 5.61. The summed E-state index contributed by atoms with van der Waals surface area (Å²) < 4.78 is 5.59. The van der Waals surface area contributed by atoms with Crippen molar-refractivity contribution in [2.24, 2.45) is 16.7 Å². The first kappa shape index (κ1) is 8.75. The van der Waals surface area contributed by atoms with Gasteiger partial charge in [-0.2, -0.15) is 0 Å². The summed E-state index contributed by atoms with van der Waals surface area (Å²) in [4.78, 5) is 11.5. The lowest BCUT2D eigenvalue weighted by Crippen LogP contribution is -2.43. The smallest absolute Gasteiger partial charge is 0.307 e. The normalized spacial score (nSPS) is 53.4. The Morgan fingerprint density at radius 2 is 2.07 bits per heavy atom. The summed E-state index contributed by atoms with van der Waals surface area (Å²) in [7, 11) is 0. The first-order chi connectivity index (χ1) is 6.41. The van der Waals surface area contributed by atoms with Crippen LogP contribution in [0.4, 0.5) is 0 Å². The van der Waals surface area contributed by atoms with Gasteiger partial charge in [0.2, 0.25) is 0 Å². The zero-order valence-corrected chi connectivity index (χ0v) is 9.22. The number of hydrogen-bond donors (Lipinski definition) is 0. The third-order valence-corrected chi connectivity index (χ3v) is 5.61. The van der Waals surface area contributed by atoms with Crippen LogP contribution in [0.5, 0.6) is 0 Å². The van der Waals surface area contributed by atoms with E-state index in [-0.39, 0.29) is 17.0 Å². The first-order valence-corrected chi connectivity index (χ1v) is 5.63. The molecule has 2 nitrogen and oxygen atoms in total. The average Bonchev–Trinajstić information content (AvgIpc) is 2.50. The van der Waals surface area contributed by atoms with Gasteiger partial charge in [-0.1, -0.05) is 13.8 Å². The molecule has 2 aliphatic carbocycles. The molecule has 0 amide bonds. The van der Waals surface area contributed by atoms with Crippen LogP contribution in [-0.2, 0) is 9.53 Å². The van der Waals surface area contributed by atoms with Crippen molar-refractivity contribution in [1.82, 2.24) is 0 Å². The van der Waals surface area contributed by atoms with E-state index in [1.807, 2.05) is 0 Å². The van der Waals surface area contributed by atoms with Gasteiger partial charge in [0, 0.05) is 5.41 Å². The molecule has 3 atom stereocenters. The summed E-state index contributed by atoms with van der Waals surface area (Å²) in [6.07, 6.45) is 4.23. The second-order valence-corrected chi connectivity index (χ2v) is 6.13.